The molecule has 3 N–H and O–H groups in total. The number of morpholine rings is 1. The van der Waals surface area contributed by atoms with Gasteiger partial charge in [-0.2, -0.15) is 0 Å². The van der Waals surface area contributed by atoms with Gasteiger partial charge in [0, 0.05) is 30.7 Å². The molecule has 0 aliphatic carbocycles. The van der Waals surface area contributed by atoms with Gasteiger partial charge in [-0.1, -0.05) is 36.7 Å². The number of guanidine groups is 1. The average molecular weight is 394 g/mol. The summed E-state index contributed by atoms with van der Waals surface area (Å²) in [5.41, 5.74) is 7.28. The second-order valence-corrected chi connectivity index (χ2v) is 7.62. The smallest absolute Gasteiger partial charge is 0.188 e. The third kappa shape index (κ3) is 5.57. The molecule has 1 aromatic rings. The average Bonchev–Trinajstić information content (AvgIpc) is 3.16. The fourth-order valence-corrected chi connectivity index (χ4v) is 4.31. The lowest BCUT2D eigenvalue weighted by molar-refractivity contribution is 0.0180. The van der Waals surface area contributed by atoms with E-state index < -0.39 is 0 Å². The highest BCUT2D eigenvalue weighted by Crippen LogP contribution is 2.28. The summed E-state index contributed by atoms with van der Waals surface area (Å²) in [6.45, 7) is 9.19. The van der Waals surface area contributed by atoms with Gasteiger partial charge in [-0.15, -0.1) is 0 Å². The summed E-state index contributed by atoms with van der Waals surface area (Å²) in [6, 6.07) is 8.68. The summed E-state index contributed by atoms with van der Waals surface area (Å²) in [5, 5.41) is 4.10. The van der Waals surface area contributed by atoms with Crippen LogP contribution in [0.4, 0.5) is 0 Å². The third-order valence-electron chi connectivity index (χ3n) is 5.61. The lowest BCUT2D eigenvalue weighted by atomic mass is 10.0. The van der Waals surface area contributed by atoms with E-state index in [-0.39, 0.29) is 6.04 Å². The Morgan fingerprint density at radius 3 is 2.85 bits per heavy atom. The summed E-state index contributed by atoms with van der Waals surface area (Å²) in [4.78, 5) is 9.54. The van der Waals surface area contributed by atoms with Crippen molar-refractivity contribution in [2.24, 2.45) is 10.7 Å². The Balaban J connectivity index is 1.62. The molecule has 0 aromatic heterocycles. The van der Waals surface area contributed by atoms with E-state index in [0.717, 1.165) is 50.0 Å². The van der Waals surface area contributed by atoms with Gasteiger partial charge in [-0.05, 0) is 37.6 Å². The molecular formula is C20H32ClN5O. The molecule has 0 amide bonds. The van der Waals surface area contributed by atoms with Crippen molar-refractivity contribution in [1.29, 1.82) is 0 Å². The Bertz CT molecular complexity index is 620. The Morgan fingerprint density at radius 2 is 2.11 bits per heavy atom. The van der Waals surface area contributed by atoms with Crippen LogP contribution in [0.5, 0.6) is 0 Å². The van der Waals surface area contributed by atoms with Crippen molar-refractivity contribution in [3.63, 3.8) is 0 Å². The van der Waals surface area contributed by atoms with Crippen molar-refractivity contribution in [3.05, 3.63) is 34.9 Å². The number of benzene rings is 1. The summed E-state index contributed by atoms with van der Waals surface area (Å²) < 4.78 is 5.51. The second kappa shape index (κ2) is 10.3. The second-order valence-electron chi connectivity index (χ2n) is 7.22. The topological polar surface area (TPSA) is 66.1 Å². The minimum absolute atomic E-state index is 0.113. The number of rotatable bonds is 7. The molecule has 0 bridgehead atoms. The maximum atomic E-state index is 6.47. The van der Waals surface area contributed by atoms with E-state index >= 15 is 0 Å². The minimum Gasteiger partial charge on any atom is -0.379 e. The zero-order valence-electron chi connectivity index (χ0n) is 16.2. The van der Waals surface area contributed by atoms with E-state index in [0.29, 0.717) is 18.5 Å². The number of aliphatic imine (C=N–C) groups is 1. The van der Waals surface area contributed by atoms with Crippen LogP contribution in [-0.2, 0) is 4.74 Å². The first-order chi connectivity index (χ1) is 13.2. The maximum Gasteiger partial charge on any atom is 0.188 e. The van der Waals surface area contributed by atoms with E-state index in [1.54, 1.807) is 0 Å². The van der Waals surface area contributed by atoms with Crippen molar-refractivity contribution in [2.45, 2.75) is 31.8 Å². The van der Waals surface area contributed by atoms with Crippen LogP contribution in [-0.4, -0.2) is 74.3 Å². The van der Waals surface area contributed by atoms with Gasteiger partial charge in [-0.3, -0.25) is 14.8 Å². The van der Waals surface area contributed by atoms with Crippen LogP contribution in [0.1, 0.15) is 31.4 Å². The van der Waals surface area contributed by atoms with Crippen LogP contribution in [0.25, 0.3) is 0 Å². The van der Waals surface area contributed by atoms with E-state index in [1.165, 1.54) is 19.4 Å². The Hall–Kier alpha value is -1.34. The molecule has 2 aliphatic heterocycles. The number of hydrogen-bond acceptors (Lipinski definition) is 4. The van der Waals surface area contributed by atoms with Crippen molar-refractivity contribution in [2.75, 3.05) is 52.5 Å². The molecule has 0 spiro atoms. The molecule has 1 aromatic carbocycles. The molecule has 2 heterocycles. The summed E-state index contributed by atoms with van der Waals surface area (Å²) in [6.07, 6.45) is 2.49. The van der Waals surface area contributed by atoms with Gasteiger partial charge in [-0.25, -0.2) is 0 Å². The van der Waals surface area contributed by atoms with Crippen molar-refractivity contribution >= 4 is 17.6 Å². The van der Waals surface area contributed by atoms with E-state index in [4.69, 9.17) is 22.1 Å². The molecular weight excluding hydrogens is 362 g/mol. The first-order valence-corrected chi connectivity index (χ1v) is 10.4. The highest BCUT2D eigenvalue weighted by Gasteiger charge is 2.25. The van der Waals surface area contributed by atoms with Gasteiger partial charge in [0.15, 0.2) is 5.96 Å². The van der Waals surface area contributed by atoms with E-state index in [9.17, 15) is 0 Å². The van der Waals surface area contributed by atoms with Crippen LogP contribution in [0.3, 0.4) is 0 Å². The third-order valence-corrected chi connectivity index (χ3v) is 5.95. The monoisotopic (exact) mass is 393 g/mol. The van der Waals surface area contributed by atoms with Gasteiger partial charge in [0.05, 0.1) is 25.8 Å². The van der Waals surface area contributed by atoms with Gasteiger partial charge in [0.2, 0.25) is 0 Å². The number of likely N-dealkylation sites (N-methyl/N-ethyl adjacent to an activating group) is 1. The Kier molecular flexibility index (Phi) is 7.76. The van der Waals surface area contributed by atoms with Gasteiger partial charge >= 0.3 is 0 Å². The summed E-state index contributed by atoms with van der Waals surface area (Å²) in [7, 11) is 0. The first-order valence-electron chi connectivity index (χ1n) is 10.0. The molecule has 0 radical (unpaired) electrons. The van der Waals surface area contributed by atoms with Gasteiger partial charge in [0.1, 0.15) is 0 Å². The molecule has 6 nitrogen and oxygen atoms in total. The zero-order chi connectivity index (χ0) is 19.1. The van der Waals surface area contributed by atoms with Gasteiger partial charge in [0.25, 0.3) is 0 Å². The zero-order valence-corrected chi connectivity index (χ0v) is 17.0. The standard InChI is InChI=1S/C20H32ClN5O/c1-2-25-9-5-6-16(25)14-23-20(22)24-15-19(26-10-12-27-13-11-26)17-7-3-4-8-18(17)21/h3-4,7-8,16,19H,2,5-6,9-15H2,1H3,(H3,22,23,24). The van der Waals surface area contributed by atoms with E-state index in [2.05, 4.69) is 33.1 Å². The number of likely N-dealkylation sites (tertiary alicyclic amines) is 1. The molecule has 2 saturated heterocycles. The molecule has 2 unspecified atom stereocenters. The lowest BCUT2D eigenvalue weighted by Gasteiger charge is -2.34. The maximum absolute atomic E-state index is 6.47. The van der Waals surface area contributed by atoms with Crippen LogP contribution in [0, 0.1) is 0 Å². The molecule has 7 heteroatoms. The van der Waals surface area contributed by atoms with Crippen molar-refractivity contribution in [3.8, 4) is 0 Å². The molecule has 2 fully saturated rings. The first kappa shape index (κ1) is 20.4. The van der Waals surface area contributed by atoms with Gasteiger partial charge < -0.3 is 15.8 Å². The number of nitrogens with two attached hydrogens (primary N) is 1. The van der Waals surface area contributed by atoms with Crippen molar-refractivity contribution in [1.82, 2.24) is 15.1 Å². The fraction of sp³-hybridized carbons (Fsp3) is 0.650. The highest BCUT2D eigenvalue weighted by molar-refractivity contribution is 6.31. The minimum atomic E-state index is 0.113. The molecule has 0 saturated carbocycles. The number of ether oxygens (including phenoxy) is 1. The molecule has 3 rings (SSSR count). The molecule has 2 atom stereocenters. The van der Waals surface area contributed by atoms with Crippen LogP contribution >= 0.6 is 11.6 Å². The molecule has 2 aliphatic rings. The normalized spacial score (nSPS) is 23.5. The van der Waals surface area contributed by atoms with Crippen LogP contribution < -0.4 is 11.1 Å². The predicted molar refractivity (Wildman–Crippen MR) is 111 cm³/mol. The van der Waals surface area contributed by atoms with Crippen LogP contribution in [0.2, 0.25) is 5.02 Å². The predicted octanol–water partition coefficient (Wildman–Crippen LogP) is 2.10. The largest absolute Gasteiger partial charge is 0.379 e. The fourth-order valence-electron chi connectivity index (χ4n) is 4.05. The molecule has 150 valence electrons. The Morgan fingerprint density at radius 1 is 1.33 bits per heavy atom. The van der Waals surface area contributed by atoms with Crippen LogP contribution in [0.15, 0.2) is 29.3 Å². The highest BCUT2D eigenvalue weighted by atomic mass is 35.5. The SMILES string of the molecule is CCN1CCCC1CNC(N)=NCC(c1ccccc1Cl)N1CCOCC1. The number of halogens is 1. The van der Waals surface area contributed by atoms with Crippen molar-refractivity contribution < 1.29 is 4.74 Å². The number of nitrogens with zero attached hydrogens (tertiary/aromatic N) is 3. The lowest BCUT2D eigenvalue weighted by Crippen LogP contribution is -2.43. The summed E-state index contributed by atoms with van der Waals surface area (Å²) in [5.74, 6) is 0.517. The number of hydrogen-bond donors (Lipinski definition) is 2. The Labute approximate surface area is 167 Å². The van der Waals surface area contributed by atoms with E-state index in [1.807, 2.05) is 18.2 Å². The summed E-state index contributed by atoms with van der Waals surface area (Å²) >= 11 is 6.47. The number of nitrogens with one attached hydrogen (secondary N) is 1. The quantitative estimate of drug-likeness (QED) is 0.548. The molecule has 27 heavy (non-hydrogen) atoms.